The van der Waals surface area contributed by atoms with E-state index in [1.165, 1.54) is 12.0 Å². The van der Waals surface area contributed by atoms with Crippen LogP contribution in [0.25, 0.3) is 0 Å². The van der Waals surface area contributed by atoms with E-state index in [1.807, 2.05) is 0 Å². The summed E-state index contributed by atoms with van der Waals surface area (Å²) in [5, 5.41) is 8.66. The highest BCUT2D eigenvalue weighted by Crippen LogP contribution is 1.97. The largest absolute Gasteiger partial charge is 0.394 e. The number of hydrogen-bond donors (Lipinski definition) is 1. The van der Waals surface area contributed by atoms with Crippen LogP contribution in [0, 0.1) is 0 Å². The number of rotatable bonds is 4. The monoisotopic (exact) mass is 161 g/mol. The Balaban J connectivity index is 3.72. The van der Waals surface area contributed by atoms with Crippen molar-refractivity contribution in [3.63, 3.8) is 0 Å². The third kappa shape index (κ3) is 3.95. The van der Waals surface area contributed by atoms with Crippen LogP contribution in [-0.4, -0.2) is 49.8 Å². The van der Waals surface area contributed by atoms with Crippen molar-refractivity contribution in [1.82, 2.24) is 4.90 Å². The van der Waals surface area contributed by atoms with E-state index in [-0.39, 0.29) is 25.0 Å². The lowest BCUT2D eigenvalue weighted by Gasteiger charge is -2.15. The fourth-order valence-corrected chi connectivity index (χ4v) is 0.600. The van der Waals surface area contributed by atoms with Crippen LogP contribution >= 0.6 is 0 Å². The topological polar surface area (TPSA) is 49.8 Å². The van der Waals surface area contributed by atoms with E-state index in [1.54, 1.807) is 14.1 Å². The molecule has 4 heteroatoms. The SMILES string of the molecule is COC(CO)CC(=O)N(C)C. The molecule has 0 aliphatic heterocycles. The van der Waals surface area contributed by atoms with Crippen LogP contribution in [0.5, 0.6) is 0 Å². The average molecular weight is 161 g/mol. The molecule has 0 aliphatic carbocycles. The minimum Gasteiger partial charge on any atom is -0.394 e. The van der Waals surface area contributed by atoms with E-state index < -0.39 is 0 Å². The number of aliphatic hydroxyl groups is 1. The molecular formula is C7H15NO3. The second-order valence-corrected chi connectivity index (χ2v) is 2.53. The van der Waals surface area contributed by atoms with Gasteiger partial charge in [0, 0.05) is 21.2 Å². The highest BCUT2D eigenvalue weighted by molar-refractivity contribution is 5.76. The van der Waals surface area contributed by atoms with E-state index in [0.29, 0.717) is 0 Å². The number of nitrogens with zero attached hydrogens (tertiary/aromatic N) is 1. The van der Waals surface area contributed by atoms with Gasteiger partial charge in [0.05, 0.1) is 19.1 Å². The lowest BCUT2D eigenvalue weighted by atomic mass is 10.2. The van der Waals surface area contributed by atoms with Crippen LogP contribution in [0.15, 0.2) is 0 Å². The zero-order valence-corrected chi connectivity index (χ0v) is 7.20. The van der Waals surface area contributed by atoms with Gasteiger partial charge in [-0.05, 0) is 0 Å². The van der Waals surface area contributed by atoms with Gasteiger partial charge in [-0.25, -0.2) is 0 Å². The molecule has 0 aromatic rings. The third-order valence-electron chi connectivity index (χ3n) is 1.44. The Labute approximate surface area is 66.8 Å². The summed E-state index contributed by atoms with van der Waals surface area (Å²) in [5.41, 5.74) is 0. The van der Waals surface area contributed by atoms with E-state index >= 15 is 0 Å². The zero-order chi connectivity index (χ0) is 8.85. The molecule has 0 rings (SSSR count). The Morgan fingerprint density at radius 3 is 2.45 bits per heavy atom. The molecule has 0 heterocycles. The minimum absolute atomic E-state index is 0.0362. The smallest absolute Gasteiger partial charge is 0.224 e. The summed E-state index contributed by atoms with van der Waals surface area (Å²) in [6, 6.07) is 0. The summed E-state index contributed by atoms with van der Waals surface area (Å²) < 4.78 is 4.82. The van der Waals surface area contributed by atoms with Crippen molar-refractivity contribution < 1.29 is 14.6 Å². The van der Waals surface area contributed by atoms with Crippen molar-refractivity contribution in [3.05, 3.63) is 0 Å². The van der Waals surface area contributed by atoms with E-state index in [0.717, 1.165) is 0 Å². The fraction of sp³-hybridized carbons (Fsp3) is 0.857. The zero-order valence-electron chi connectivity index (χ0n) is 7.20. The first-order valence-electron chi connectivity index (χ1n) is 3.45. The Morgan fingerprint density at radius 1 is 1.64 bits per heavy atom. The maximum absolute atomic E-state index is 11.0. The van der Waals surface area contributed by atoms with Gasteiger partial charge in [0.2, 0.25) is 5.91 Å². The maximum atomic E-state index is 11.0. The van der Waals surface area contributed by atoms with Gasteiger partial charge in [0.25, 0.3) is 0 Å². The van der Waals surface area contributed by atoms with Crippen molar-refractivity contribution in [3.8, 4) is 0 Å². The minimum atomic E-state index is -0.370. The van der Waals surface area contributed by atoms with Crippen molar-refractivity contribution in [2.75, 3.05) is 27.8 Å². The van der Waals surface area contributed by atoms with Crippen LogP contribution < -0.4 is 0 Å². The summed E-state index contributed by atoms with van der Waals surface area (Å²) in [5.74, 6) is -0.0362. The van der Waals surface area contributed by atoms with Gasteiger partial charge in [-0.2, -0.15) is 0 Å². The van der Waals surface area contributed by atoms with Crippen LogP contribution in [-0.2, 0) is 9.53 Å². The molecule has 1 atom stereocenters. The van der Waals surface area contributed by atoms with Gasteiger partial charge in [-0.15, -0.1) is 0 Å². The molecule has 0 aliphatic rings. The molecule has 0 saturated heterocycles. The lowest BCUT2D eigenvalue weighted by molar-refractivity contribution is -0.131. The highest BCUT2D eigenvalue weighted by Gasteiger charge is 2.12. The number of carbonyl (C=O) groups is 1. The van der Waals surface area contributed by atoms with Gasteiger partial charge in [-0.3, -0.25) is 4.79 Å². The first-order valence-corrected chi connectivity index (χ1v) is 3.45. The van der Waals surface area contributed by atoms with Crippen LogP contribution in [0.2, 0.25) is 0 Å². The van der Waals surface area contributed by atoms with Crippen molar-refractivity contribution in [2.45, 2.75) is 12.5 Å². The predicted octanol–water partition coefficient (Wildman–Crippen LogP) is -0.528. The van der Waals surface area contributed by atoms with Crippen LogP contribution in [0.1, 0.15) is 6.42 Å². The summed E-state index contributed by atoms with van der Waals surface area (Å²) in [4.78, 5) is 12.5. The molecule has 0 fully saturated rings. The van der Waals surface area contributed by atoms with Crippen molar-refractivity contribution >= 4 is 5.91 Å². The number of aliphatic hydroxyl groups excluding tert-OH is 1. The second-order valence-electron chi connectivity index (χ2n) is 2.53. The number of carbonyl (C=O) groups excluding carboxylic acids is 1. The number of methoxy groups -OCH3 is 1. The van der Waals surface area contributed by atoms with Gasteiger partial charge >= 0.3 is 0 Å². The second kappa shape index (κ2) is 5.09. The third-order valence-corrected chi connectivity index (χ3v) is 1.44. The maximum Gasteiger partial charge on any atom is 0.224 e. The number of ether oxygens (including phenoxy) is 1. The first-order chi connectivity index (χ1) is 5.11. The van der Waals surface area contributed by atoms with E-state index in [4.69, 9.17) is 9.84 Å². The van der Waals surface area contributed by atoms with Crippen LogP contribution in [0.4, 0.5) is 0 Å². The molecule has 1 N–H and O–H groups in total. The molecule has 0 bridgehead atoms. The molecular weight excluding hydrogens is 146 g/mol. The molecule has 0 aromatic heterocycles. The summed E-state index contributed by atoms with van der Waals surface area (Å²) in [6.45, 7) is -0.115. The molecule has 0 aromatic carbocycles. The fourth-order valence-electron chi connectivity index (χ4n) is 0.600. The van der Waals surface area contributed by atoms with Gasteiger partial charge in [0.15, 0.2) is 0 Å². The van der Waals surface area contributed by atoms with E-state index in [9.17, 15) is 4.79 Å². The van der Waals surface area contributed by atoms with Crippen LogP contribution in [0.3, 0.4) is 0 Å². The highest BCUT2D eigenvalue weighted by atomic mass is 16.5. The summed E-state index contributed by atoms with van der Waals surface area (Å²) in [6.07, 6.45) is -0.134. The number of hydrogen-bond acceptors (Lipinski definition) is 3. The Kier molecular flexibility index (Phi) is 4.81. The van der Waals surface area contributed by atoms with Crippen molar-refractivity contribution in [1.29, 1.82) is 0 Å². The van der Waals surface area contributed by atoms with Gasteiger partial charge in [-0.1, -0.05) is 0 Å². The molecule has 11 heavy (non-hydrogen) atoms. The molecule has 0 saturated carbocycles. The Hall–Kier alpha value is -0.610. The predicted molar refractivity (Wildman–Crippen MR) is 41.2 cm³/mol. The molecule has 4 nitrogen and oxygen atoms in total. The molecule has 0 radical (unpaired) electrons. The number of amides is 1. The summed E-state index contributed by atoms with van der Waals surface area (Å²) >= 11 is 0. The van der Waals surface area contributed by atoms with Gasteiger partial charge in [0.1, 0.15) is 0 Å². The molecule has 1 amide bonds. The lowest BCUT2D eigenvalue weighted by Crippen LogP contribution is -2.28. The summed E-state index contributed by atoms with van der Waals surface area (Å²) in [7, 11) is 4.82. The molecule has 1 unspecified atom stereocenters. The molecule has 0 spiro atoms. The van der Waals surface area contributed by atoms with Gasteiger partial charge < -0.3 is 14.7 Å². The Bertz CT molecular complexity index is 121. The normalized spacial score (nSPS) is 12.7. The Morgan fingerprint density at radius 2 is 2.18 bits per heavy atom. The molecule has 66 valence electrons. The van der Waals surface area contributed by atoms with Crippen molar-refractivity contribution in [2.24, 2.45) is 0 Å². The standard InChI is InChI=1S/C7H15NO3/c1-8(2)7(10)4-6(5-9)11-3/h6,9H,4-5H2,1-3H3. The van der Waals surface area contributed by atoms with E-state index in [2.05, 4.69) is 0 Å². The first kappa shape index (κ1) is 10.4. The average Bonchev–Trinajstić information content (AvgIpc) is 1.99. The quantitative estimate of drug-likeness (QED) is 0.603.